The summed E-state index contributed by atoms with van der Waals surface area (Å²) in [6, 6.07) is 11.5. The SMILES string of the molecule is CCOc1ccc(CC(=O)Nc2nc(-c3ccc(CNC(C)=O)s3)c(C)s2)cc1. The number of thiophene rings is 1. The molecule has 0 radical (unpaired) electrons. The summed E-state index contributed by atoms with van der Waals surface area (Å²) in [5.74, 6) is 0.639. The maximum absolute atomic E-state index is 12.4. The van der Waals surface area contributed by atoms with Gasteiger partial charge in [-0.3, -0.25) is 9.59 Å². The number of hydrogen-bond donors (Lipinski definition) is 2. The monoisotopic (exact) mass is 429 g/mol. The van der Waals surface area contributed by atoms with Crippen LogP contribution < -0.4 is 15.4 Å². The van der Waals surface area contributed by atoms with Crippen LogP contribution in [-0.2, 0) is 22.6 Å². The number of hydrogen-bond acceptors (Lipinski definition) is 6. The number of aromatic nitrogens is 1. The molecule has 0 aliphatic carbocycles. The van der Waals surface area contributed by atoms with Crippen molar-refractivity contribution in [3.05, 3.63) is 51.7 Å². The van der Waals surface area contributed by atoms with Crippen molar-refractivity contribution in [1.82, 2.24) is 10.3 Å². The third-order valence-electron chi connectivity index (χ3n) is 4.05. The molecule has 3 aromatic rings. The molecule has 0 saturated carbocycles. The molecule has 0 spiro atoms. The molecule has 152 valence electrons. The Hall–Kier alpha value is -2.71. The van der Waals surface area contributed by atoms with Crippen LogP contribution in [0.3, 0.4) is 0 Å². The zero-order valence-corrected chi connectivity index (χ0v) is 18.2. The second kappa shape index (κ2) is 9.67. The summed E-state index contributed by atoms with van der Waals surface area (Å²) in [5, 5.41) is 6.28. The third-order valence-corrected chi connectivity index (χ3v) is 6.03. The number of anilines is 1. The van der Waals surface area contributed by atoms with Crippen molar-refractivity contribution in [2.45, 2.75) is 33.7 Å². The number of benzene rings is 1. The highest BCUT2D eigenvalue weighted by atomic mass is 32.1. The molecule has 0 bridgehead atoms. The number of amides is 2. The molecule has 0 atom stereocenters. The second-order valence-corrected chi connectivity index (χ2v) is 8.77. The maximum Gasteiger partial charge on any atom is 0.230 e. The van der Waals surface area contributed by atoms with Crippen molar-refractivity contribution in [3.8, 4) is 16.3 Å². The Kier molecular flexibility index (Phi) is 7.00. The van der Waals surface area contributed by atoms with Gasteiger partial charge in [0.05, 0.1) is 30.1 Å². The van der Waals surface area contributed by atoms with E-state index in [4.69, 9.17) is 4.74 Å². The molecule has 2 heterocycles. The van der Waals surface area contributed by atoms with Gasteiger partial charge in [-0.15, -0.1) is 22.7 Å². The number of carbonyl (C=O) groups is 2. The predicted molar refractivity (Wildman–Crippen MR) is 118 cm³/mol. The zero-order chi connectivity index (χ0) is 20.8. The summed E-state index contributed by atoms with van der Waals surface area (Å²) in [6.45, 7) is 6.55. The summed E-state index contributed by atoms with van der Waals surface area (Å²) >= 11 is 3.05. The lowest BCUT2D eigenvalue weighted by molar-refractivity contribution is -0.119. The number of nitrogens with one attached hydrogen (secondary N) is 2. The minimum absolute atomic E-state index is 0.0534. The van der Waals surface area contributed by atoms with Gasteiger partial charge in [-0.2, -0.15) is 0 Å². The minimum atomic E-state index is -0.105. The van der Waals surface area contributed by atoms with Gasteiger partial charge < -0.3 is 15.4 Å². The van der Waals surface area contributed by atoms with Crippen LogP contribution in [0.15, 0.2) is 36.4 Å². The molecule has 3 rings (SSSR count). The number of carbonyl (C=O) groups excluding carboxylic acids is 2. The van der Waals surface area contributed by atoms with Crippen LogP contribution in [0, 0.1) is 6.92 Å². The van der Waals surface area contributed by atoms with Crippen LogP contribution in [0.4, 0.5) is 5.13 Å². The topological polar surface area (TPSA) is 80.3 Å². The Morgan fingerprint density at radius 3 is 2.55 bits per heavy atom. The zero-order valence-electron chi connectivity index (χ0n) is 16.6. The first-order chi connectivity index (χ1) is 13.9. The minimum Gasteiger partial charge on any atom is -0.494 e. The van der Waals surface area contributed by atoms with Crippen LogP contribution in [0.1, 0.15) is 29.2 Å². The quantitative estimate of drug-likeness (QED) is 0.556. The lowest BCUT2D eigenvalue weighted by Gasteiger charge is -2.05. The van der Waals surface area contributed by atoms with Crippen molar-refractivity contribution in [1.29, 1.82) is 0 Å². The Bertz CT molecular complexity index is 993. The Labute approximate surface area is 178 Å². The Balaban J connectivity index is 1.62. The van der Waals surface area contributed by atoms with E-state index in [2.05, 4.69) is 15.6 Å². The molecule has 6 nitrogen and oxygen atoms in total. The summed E-state index contributed by atoms with van der Waals surface area (Å²) < 4.78 is 5.42. The molecule has 29 heavy (non-hydrogen) atoms. The van der Waals surface area contributed by atoms with E-state index in [-0.39, 0.29) is 18.2 Å². The van der Waals surface area contributed by atoms with Crippen LogP contribution in [0.2, 0.25) is 0 Å². The fraction of sp³-hybridized carbons (Fsp3) is 0.286. The Morgan fingerprint density at radius 2 is 1.86 bits per heavy atom. The van der Waals surface area contributed by atoms with Gasteiger partial charge in [-0.05, 0) is 43.7 Å². The van der Waals surface area contributed by atoms with Gasteiger partial charge >= 0.3 is 0 Å². The van der Waals surface area contributed by atoms with Crippen molar-refractivity contribution in [2.75, 3.05) is 11.9 Å². The van der Waals surface area contributed by atoms with Crippen molar-refractivity contribution >= 4 is 39.6 Å². The molecule has 0 saturated heterocycles. The van der Waals surface area contributed by atoms with Crippen molar-refractivity contribution in [3.63, 3.8) is 0 Å². The molecule has 2 N–H and O–H groups in total. The molecule has 0 unspecified atom stereocenters. The molecule has 0 aliphatic rings. The van der Waals surface area contributed by atoms with E-state index in [1.54, 1.807) is 11.3 Å². The fourth-order valence-corrected chi connectivity index (χ4v) is 4.61. The third kappa shape index (κ3) is 5.88. The highest BCUT2D eigenvalue weighted by Gasteiger charge is 2.14. The normalized spacial score (nSPS) is 10.6. The standard InChI is InChI=1S/C21H23N3O3S2/c1-4-27-16-7-5-15(6-8-16)11-19(26)23-21-24-20(13(2)28-21)18-10-9-17(29-18)12-22-14(3)25/h5-10H,4,11-12H2,1-3H3,(H,22,25)(H,23,24,26). The molecular weight excluding hydrogens is 406 g/mol. The highest BCUT2D eigenvalue weighted by Crippen LogP contribution is 2.34. The molecule has 8 heteroatoms. The van der Waals surface area contributed by atoms with E-state index in [9.17, 15) is 9.59 Å². The number of ether oxygens (including phenoxy) is 1. The van der Waals surface area contributed by atoms with Gasteiger partial charge in [0.15, 0.2) is 5.13 Å². The summed E-state index contributed by atoms with van der Waals surface area (Å²) in [6.07, 6.45) is 0.278. The molecule has 1 aromatic carbocycles. The average Bonchev–Trinajstić information content (AvgIpc) is 3.28. The van der Waals surface area contributed by atoms with Gasteiger partial charge in [0.25, 0.3) is 0 Å². The molecule has 2 aromatic heterocycles. The van der Waals surface area contributed by atoms with Gasteiger partial charge in [-0.1, -0.05) is 12.1 Å². The van der Waals surface area contributed by atoms with Crippen LogP contribution in [-0.4, -0.2) is 23.4 Å². The predicted octanol–water partition coefficient (Wildman–Crippen LogP) is 4.40. The van der Waals surface area contributed by atoms with Crippen LogP contribution in [0.5, 0.6) is 5.75 Å². The Morgan fingerprint density at radius 1 is 1.10 bits per heavy atom. The lowest BCUT2D eigenvalue weighted by Crippen LogP contribution is -2.17. The molecule has 2 amide bonds. The van der Waals surface area contributed by atoms with Gasteiger partial charge in [0.1, 0.15) is 5.75 Å². The first-order valence-corrected chi connectivity index (χ1v) is 10.9. The molecule has 0 fully saturated rings. The summed E-state index contributed by atoms with van der Waals surface area (Å²) in [5.41, 5.74) is 1.78. The number of thiazole rings is 1. The van der Waals surface area contributed by atoms with E-state index < -0.39 is 0 Å². The van der Waals surface area contributed by atoms with Crippen LogP contribution >= 0.6 is 22.7 Å². The summed E-state index contributed by atoms with van der Waals surface area (Å²) in [7, 11) is 0. The average molecular weight is 430 g/mol. The lowest BCUT2D eigenvalue weighted by atomic mass is 10.1. The highest BCUT2D eigenvalue weighted by molar-refractivity contribution is 7.18. The first-order valence-electron chi connectivity index (χ1n) is 9.27. The summed E-state index contributed by atoms with van der Waals surface area (Å²) in [4.78, 5) is 31.2. The van der Waals surface area contributed by atoms with Crippen LogP contribution in [0.25, 0.3) is 10.6 Å². The van der Waals surface area contributed by atoms with E-state index in [1.807, 2.05) is 50.2 Å². The number of aryl methyl sites for hydroxylation is 1. The van der Waals surface area contributed by atoms with Gasteiger partial charge in [0, 0.05) is 16.7 Å². The van der Waals surface area contributed by atoms with E-state index in [0.717, 1.165) is 31.6 Å². The van der Waals surface area contributed by atoms with E-state index in [1.165, 1.54) is 18.3 Å². The molecule has 0 aliphatic heterocycles. The molecular formula is C21H23N3O3S2. The first kappa shape index (κ1) is 21.0. The largest absolute Gasteiger partial charge is 0.494 e. The van der Waals surface area contributed by atoms with E-state index >= 15 is 0 Å². The number of rotatable bonds is 8. The van der Waals surface area contributed by atoms with Crippen molar-refractivity contribution in [2.24, 2.45) is 0 Å². The smallest absolute Gasteiger partial charge is 0.230 e. The van der Waals surface area contributed by atoms with Crippen molar-refractivity contribution < 1.29 is 14.3 Å². The van der Waals surface area contributed by atoms with Gasteiger partial charge in [-0.25, -0.2) is 4.98 Å². The van der Waals surface area contributed by atoms with E-state index in [0.29, 0.717) is 18.3 Å². The number of nitrogens with zero attached hydrogens (tertiary/aromatic N) is 1. The maximum atomic E-state index is 12.4. The second-order valence-electron chi connectivity index (χ2n) is 6.40. The van der Waals surface area contributed by atoms with Gasteiger partial charge in [0.2, 0.25) is 11.8 Å². The fourth-order valence-electron chi connectivity index (χ4n) is 2.71.